The zero-order valence-electron chi connectivity index (χ0n) is 34.8. The second-order valence-electron chi connectivity index (χ2n) is 16.3. The van der Waals surface area contributed by atoms with E-state index in [4.69, 9.17) is 0 Å². The van der Waals surface area contributed by atoms with Gasteiger partial charge in [-0.1, -0.05) is 140 Å². The predicted molar refractivity (Wildman–Crippen MR) is 267 cm³/mol. The summed E-state index contributed by atoms with van der Waals surface area (Å²) >= 11 is 0. The molecule has 4 heteroatoms. The lowest BCUT2D eigenvalue weighted by molar-refractivity contribution is 1.13. The molecule has 0 N–H and O–H groups in total. The maximum atomic E-state index is 2.39. The molecule has 0 saturated carbocycles. The summed E-state index contributed by atoms with van der Waals surface area (Å²) in [6.45, 7) is 0. The second kappa shape index (κ2) is 15.0. The molecule has 0 saturated heterocycles. The fourth-order valence-electron chi connectivity index (χ4n) is 9.66. The lowest BCUT2D eigenvalue weighted by Crippen LogP contribution is -2.24. The highest BCUT2D eigenvalue weighted by Crippen LogP contribution is 2.51. The molecule has 0 unspecified atom stereocenters. The first-order chi connectivity index (χ1) is 31.2. The molecular formula is C59H42N4. The fourth-order valence-corrected chi connectivity index (χ4v) is 9.66. The zero-order valence-corrected chi connectivity index (χ0v) is 34.8. The van der Waals surface area contributed by atoms with E-state index >= 15 is 0 Å². The quantitative estimate of drug-likeness (QED) is 0.159. The maximum Gasteiger partial charge on any atom is 0.0700 e. The van der Waals surface area contributed by atoms with Crippen LogP contribution in [0.5, 0.6) is 0 Å². The Bertz CT molecular complexity index is 3460. The molecule has 11 aromatic rings. The third-order valence-corrected chi connectivity index (χ3v) is 12.7. The summed E-state index contributed by atoms with van der Waals surface area (Å²) in [5.74, 6) is 0. The van der Waals surface area contributed by atoms with E-state index in [-0.39, 0.29) is 0 Å². The molecule has 0 fully saturated rings. The Morgan fingerprint density at radius 3 is 1.59 bits per heavy atom. The molecule has 1 aliphatic heterocycles. The van der Waals surface area contributed by atoms with Crippen molar-refractivity contribution >= 4 is 78.1 Å². The number of hydrogen-bond donors (Lipinski definition) is 0. The van der Waals surface area contributed by atoms with Crippen LogP contribution in [0.1, 0.15) is 0 Å². The molecular weight excluding hydrogens is 765 g/mol. The lowest BCUT2D eigenvalue weighted by atomic mass is 9.99. The van der Waals surface area contributed by atoms with Gasteiger partial charge >= 0.3 is 0 Å². The van der Waals surface area contributed by atoms with Crippen LogP contribution in [0.2, 0.25) is 0 Å². The van der Waals surface area contributed by atoms with Gasteiger partial charge < -0.3 is 19.3 Å². The van der Waals surface area contributed by atoms with Gasteiger partial charge in [0.25, 0.3) is 0 Å². The zero-order chi connectivity index (χ0) is 41.9. The third-order valence-electron chi connectivity index (χ3n) is 12.7. The van der Waals surface area contributed by atoms with Gasteiger partial charge in [-0.05, 0) is 125 Å². The number of hydrogen-bond acceptors (Lipinski definition) is 3. The molecule has 0 aliphatic carbocycles. The summed E-state index contributed by atoms with van der Waals surface area (Å²) in [6.07, 6.45) is 0. The minimum atomic E-state index is 1.09. The van der Waals surface area contributed by atoms with Gasteiger partial charge in [0.1, 0.15) is 0 Å². The topological polar surface area (TPSA) is 14.7 Å². The van der Waals surface area contributed by atoms with Crippen molar-refractivity contribution in [2.24, 2.45) is 0 Å². The highest BCUT2D eigenvalue weighted by molar-refractivity contribution is 6.10. The van der Waals surface area contributed by atoms with Gasteiger partial charge in [-0.15, -0.1) is 0 Å². The van der Waals surface area contributed by atoms with Crippen LogP contribution in [0.3, 0.4) is 0 Å². The number of fused-ring (bicyclic) bond motifs is 6. The summed E-state index contributed by atoms with van der Waals surface area (Å²) in [4.78, 5) is 7.07. The van der Waals surface area contributed by atoms with Crippen molar-refractivity contribution in [2.75, 3.05) is 21.7 Å². The SMILES string of the molecule is CN1c2ccccc2N(c2ccccc2)c2ccc(-c3ccc(N(c4ccc(-c5ccc6c(c5)c5ccccc5n6-c5ccccc5)cc4)c4cccc5ccccc45)cc3)cc21. The Morgan fingerprint density at radius 1 is 0.333 bits per heavy atom. The molecule has 298 valence electrons. The number of benzene rings is 10. The molecule has 10 aromatic carbocycles. The number of anilines is 8. The van der Waals surface area contributed by atoms with Crippen molar-refractivity contribution in [3.63, 3.8) is 0 Å². The molecule has 4 nitrogen and oxygen atoms in total. The van der Waals surface area contributed by atoms with Crippen LogP contribution in [0.25, 0.3) is 60.5 Å². The minimum absolute atomic E-state index is 1.09. The van der Waals surface area contributed by atoms with E-state index in [0.717, 1.165) is 39.7 Å². The standard InChI is InChI=1S/C59H42N4/c1-60-56-24-12-13-25-57(56)63(47-19-6-3-7-20-47)58-38-32-45(40-59(58)60)42-29-35-49(36-30-42)61(53-26-14-16-43-15-8-9-21-50(43)53)48-33-27-41(28-34-48)44-31-37-55-52(39-44)51-22-10-11-23-54(51)62(55)46-17-4-2-5-18-46/h2-40H,1H3. The smallest absolute Gasteiger partial charge is 0.0700 e. The van der Waals surface area contributed by atoms with E-state index in [1.165, 1.54) is 66.3 Å². The molecule has 2 heterocycles. The molecule has 0 spiro atoms. The van der Waals surface area contributed by atoms with Gasteiger partial charge in [-0.25, -0.2) is 0 Å². The van der Waals surface area contributed by atoms with Crippen LogP contribution >= 0.6 is 0 Å². The van der Waals surface area contributed by atoms with Crippen molar-refractivity contribution in [1.29, 1.82) is 0 Å². The summed E-state index contributed by atoms with van der Waals surface area (Å²) in [7, 11) is 2.17. The molecule has 0 atom stereocenters. The first kappa shape index (κ1) is 36.5. The van der Waals surface area contributed by atoms with Crippen molar-refractivity contribution in [1.82, 2.24) is 4.57 Å². The van der Waals surface area contributed by atoms with Gasteiger partial charge in [-0.3, -0.25) is 0 Å². The Labute approximate surface area is 367 Å². The first-order valence-electron chi connectivity index (χ1n) is 21.6. The van der Waals surface area contributed by atoms with Crippen LogP contribution in [0, 0.1) is 0 Å². The Balaban J connectivity index is 0.920. The number of nitrogens with zero attached hydrogens (tertiary/aromatic N) is 4. The summed E-state index contributed by atoms with van der Waals surface area (Å²) in [5.41, 5.74) is 17.4. The largest absolute Gasteiger partial charge is 0.341 e. The van der Waals surface area contributed by atoms with Crippen LogP contribution in [-0.2, 0) is 0 Å². The highest BCUT2D eigenvalue weighted by atomic mass is 15.3. The predicted octanol–water partition coefficient (Wildman–Crippen LogP) is 16.3. The molecule has 0 bridgehead atoms. The molecule has 12 rings (SSSR count). The van der Waals surface area contributed by atoms with Gasteiger partial charge in [-0.2, -0.15) is 0 Å². The Morgan fingerprint density at radius 2 is 0.857 bits per heavy atom. The van der Waals surface area contributed by atoms with E-state index in [9.17, 15) is 0 Å². The molecule has 0 radical (unpaired) electrons. The monoisotopic (exact) mass is 806 g/mol. The average molecular weight is 807 g/mol. The van der Waals surface area contributed by atoms with E-state index in [1.54, 1.807) is 0 Å². The molecule has 0 amide bonds. The highest BCUT2D eigenvalue weighted by Gasteiger charge is 2.28. The molecule has 1 aromatic heterocycles. The van der Waals surface area contributed by atoms with Crippen molar-refractivity contribution in [3.05, 3.63) is 237 Å². The van der Waals surface area contributed by atoms with Gasteiger partial charge in [0.15, 0.2) is 0 Å². The van der Waals surface area contributed by atoms with Crippen LogP contribution in [0.4, 0.5) is 45.5 Å². The number of rotatable bonds is 7. The maximum absolute atomic E-state index is 2.39. The second-order valence-corrected chi connectivity index (χ2v) is 16.3. The van der Waals surface area contributed by atoms with Crippen molar-refractivity contribution < 1.29 is 0 Å². The summed E-state index contributed by atoms with van der Waals surface area (Å²) in [6, 6.07) is 85.7. The van der Waals surface area contributed by atoms with E-state index in [2.05, 4.69) is 263 Å². The molecule has 1 aliphatic rings. The van der Waals surface area contributed by atoms with Gasteiger partial charge in [0.2, 0.25) is 0 Å². The van der Waals surface area contributed by atoms with E-state index < -0.39 is 0 Å². The molecule has 63 heavy (non-hydrogen) atoms. The van der Waals surface area contributed by atoms with Crippen molar-refractivity contribution in [2.45, 2.75) is 0 Å². The van der Waals surface area contributed by atoms with E-state index in [1.807, 2.05) is 0 Å². The lowest BCUT2D eigenvalue weighted by Gasteiger charge is -2.38. The third kappa shape index (κ3) is 6.14. The van der Waals surface area contributed by atoms with Crippen LogP contribution < -0.4 is 14.7 Å². The van der Waals surface area contributed by atoms with Crippen LogP contribution in [0.15, 0.2) is 237 Å². The van der Waals surface area contributed by atoms with Gasteiger partial charge in [0.05, 0.1) is 39.5 Å². The van der Waals surface area contributed by atoms with E-state index in [0.29, 0.717) is 0 Å². The Hall–Kier alpha value is -8.34. The van der Waals surface area contributed by atoms with Crippen molar-refractivity contribution in [3.8, 4) is 27.9 Å². The number of para-hydroxylation sites is 5. The fraction of sp³-hybridized carbons (Fsp3) is 0.0169. The normalized spacial score (nSPS) is 12.1. The Kier molecular flexibility index (Phi) is 8.68. The van der Waals surface area contributed by atoms with Crippen LogP contribution in [-0.4, -0.2) is 11.6 Å². The summed E-state index contributed by atoms with van der Waals surface area (Å²) < 4.78 is 2.37. The van der Waals surface area contributed by atoms with Gasteiger partial charge in [0, 0.05) is 46.0 Å². The summed E-state index contributed by atoms with van der Waals surface area (Å²) in [5, 5.41) is 4.91. The first-order valence-corrected chi connectivity index (χ1v) is 21.6. The minimum Gasteiger partial charge on any atom is -0.341 e. The number of aromatic nitrogens is 1. The average Bonchev–Trinajstić information content (AvgIpc) is 3.69.